The molecule has 4 bridgehead atoms. The van der Waals surface area contributed by atoms with Gasteiger partial charge in [-0.1, -0.05) is 11.6 Å². The van der Waals surface area contributed by atoms with E-state index in [-0.39, 0.29) is 11.8 Å². The number of nitrogens with zero attached hydrogens (tertiary/aromatic N) is 3. The maximum Gasteiger partial charge on any atom is 0.422 e. The smallest absolute Gasteiger partial charge is 0.422 e. The third-order valence-corrected chi connectivity index (χ3v) is 5.26. The Morgan fingerprint density at radius 2 is 2.22 bits per heavy atom. The van der Waals surface area contributed by atoms with Crippen molar-refractivity contribution in [1.29, 1.82) is 0 Å². The molecule has 23 heavy (non-hydrogen) atoms. The van der Waals surface area contributed by atoms with Gasteiger partial charge in [-0.2, -0.15) is 4.37 Å². The van der Waals surface area contributed by atoms with E-state index in [1.54, 1.807) is 0 Å². The predicted octanol–water partition coefficient (Wildman–Crippen LogP) is 0.976. The van der Waals surface area contributed by atoms with Gasteiger partial charge in [-0.15, -0.1) is 4.37 Å². The first kappa shape index (κ1) is 14.9. The maximum atomic E-state index is 11.9. The number of halogens is 1. The second kappa shape index (κ2) is 5.15. The summed E-state index contributed by atoms with van der Waals surface area (Å²) in [4.78, 5) is 25.6. The molecule has 3 aliphatic rings. The van der Waals surface area contributed by atoms with Crippen LogP contribution in [0.5, 0.6) is 5.88 Å². The number of piperidine rings is 1. The molecule has 1 fully saturated rings. The highest BCUT2D eigenvalue weighted by Gasteiger charge is 2.57. The van der Waals surface area contributed by atoms with E-state index in [9.17, 15) is 9.59 Å². The zero-order valence-corrected chi connectivity index (χ0v) is 13.6. The van der Waals surface area contributed by atoms with Crippen LogP contribution in [-0.4, -0.2) is 51.0 Å². The lowest BCUT2D eigenvalue weighted by atomic mass is 9.86. The van der Waals surface area contributed by atoms with Gasteiger partial charge in [0.1, 0.15) is 5.76 Å². The normalized spacial score (nSPS) is 33.0. The average molecular weight is 358 g/mol. The Labute approximate surface area is 140 Å². The lowest BCUT2D eigenvalue weighted by molar-refractivity contribution is -0.171. The summed E-state index contributed by atoms with van der Waals surface area (Å²) in [6.45, 7) is 1.18. The Morgan fingerprint density at radius 1 is 1.39 bits per heavy atom. The number of carbonyl (C=O) groups excluding carboxylic acids is 2. The first-order valence-electron chi connectivity index (χ1n) is 7.05. The summed E-state index contributed by atoms with van der Waals surface area (Å²) in [6.07, 6.45) is 1.68. The Kier molecular flexibility index (Phi) is 3.33. The van der Waals surface area contributed by atoms with Crippen LogP contribution in [0, 0.1) is 5.92 Å². The molecular formula is C13H12ClN3O5S. The highest BCUT2D eigenvalue weighted by atomic mass is 35.5. The summed E-state index contributed by atoms with van der Waals surface area (Å²) < 4.78 is 24.1. The van der Waals surface area contributed by atoms with Gasteiger partial charge in [-0.3, -0.25) is 0 Å². The van der Waals surface area contributed by atoms with E-state index in [0.29, 0.717) is 30.1 Å². The second-order valence-electron chi connectivity index (χ2n) is 5.49. The van der Waals surface area contributed by atoms with E-state index in [0.717, 1.165) is 24.6 Å². The number of hydrogen-bond acceptors (Lipinski definition) is 9. The van der Waals surface area contributed by atoms with Crippen molar-refractivity contribution in [3.63, 3.8) is 0 Å². The van der Waals surface area contributed by atoms with E-state index < -0.39 is 17.1 Å². The molecule has 10 heteroatoms. The Bertz CT molecular complexity index is 735. The van der Waals surface area contributed by atoms with Gasteiger partial charge in [0.2, 0.25) is 0 Å². The molecule has 1 saturated heterocycles. The van der Waals surface area contributed by atoms with E-state index >= 15 is 0 Å². The Morgan fingerprint density at radius 3 is 3.00 bits per heavy atom. The van der Waals surface area contributed by atoms with Gasteiger partial charge < -0.3 is 14.2 Å². The number of hydrogen-bond donors (Lipinski definition) is 0. The van der Waals surface area contributed by atoms with Gasteiger partial charge in [0.25, 0.3) is 11.1 Å². The van der Waals surface area contributed by atoms with Gasteiger partial charge in [0, 0.05) is 19.0 Å². The highest BCUT2D eigenvalue weighted by molar-refractivity contribution is 6.99. The van der Waals surface area contributed by atoms with Gasteiger partial charge in [0.05, 0.1) is 24.4 Å². The fraction of sp³-hybridized carbons (Fsp3) is 0.538. The van der Waals surface area contributed by atoms with Gasteiger partial charge >= 0.3 is 11.9 Å². The molecule has 3 unspecified atom stereocenters. The van der Waals surface area contributed by atoms with Crippen LogP contribution in [-0.2, 0) is 19.1 Å². The molecule has 0 saturated carbocycles. The molecular weight excluding hydrogens is 346 g/mol. The number of esters is 2. The van der Waals surface area contributed by atoms with Crippen LogP contribution < -0.4 is 4.74 Å². The van der Waals surface area contributed by atoms with Crippen LogP contribution in [0.3, 0.4) is 0 Å². The molecule has 3 atom stereocenters. The van der Waals surface area contributed by atoms with Crippen LogP contribution in [0.4, 0.5) is 0 Å². The topological polar surface area (TPSA) is 90.9 Å². The largest absolute Gasteiger partial charge is 0.479 e. The number of ether oxygens (including phenoxy) is 3. The minimum absolute atomic E-state index is 0.0597. The molecule has 4 rings (SSSR count). The van der Waals surface area contributed by atoms with Crippen molar-refractivity contribution in [3.8, 4) is 5.88 Å². The molecule has 4 heterocycles. The minimum atomic E-state index is -1.64. The number of alkyl halides is 1. The predicted molar refractivity (Wildman–Crippen MR) is 78.4 cm³/mol. The van der Waals surface area contributed by atoms with Crippen LogP contribution in [0.25, 0.3) is 5.57 Å². The first-order chi connectivity index (χ1) is 11.0. The van der Waals surface area contributed by atoms with E-state index in [4.69, 9.17) is 25.8 Å². The Hall–Kier alpha value is -1.71. The minimum Gasteiger partial charge on any atom is -0.479 e. The lowest BCUT2D eigenvalue weighted by Gasteiger charge is -2.46. The van der Waals surface area contributed by atoms with Crippen molar-refractivity contribution in [2.75, 3.05) is 20.2 Å². The van der Waals surface area contributed by atoms with E-state index in [1.165, 1.54) is 7.11 Å². The molecule has 0 amide bonds. The number of fused-ring (bicyclic) bond motifs is 5. The second-order valence-corrected chi connectivity index (χ2v) is 6.53. The summed E-state index contributed by atoms with van der Waals surface area (Å²) in [5.41, 5.74) is 0.668. The zero-order valence-electron chi connectivity index (χ0n) is 12.1. The highest BCUT2D eigenvalue weighted by Crippen LogP contribution is 2.51. The number of methoxy groups -OCH3 is 1. The molecule has 1 aromatic rings. The quantitative estimate of drug-likeness (QED) is 0.335. The van der Waals surface area contributed by atoms with Crippen LogP contribution in [0.15, 0.2) is 5.76 Å². The van der Waals surface area contributed by atoms with Gasteiger partial charge in [-0.05, 0) is 12.8 Å². The molecule has 8 nitrogen and oxygen atoms in total. The number of aromatic nitrogens is 2. The molecule has 122 valence electrons. The van der Waals surface area contributed by atoms with Crippen molar-refractivity contribution in [2.45, 2.75) is 18.0 Å². The first-order valence-corrected chi connectivity index (χ1v) is 8.16. The van der Waals surface area contributed by atoms with Crippen LogP contribution in [0.2, 0.25) is 0 Å². The van der Waals surface area contributed by atoms with Crippen LogP contribution in [0.1, 0.15) is 18.5 Å². The summed E-state index contributed by atoms with van der Waals surface area (Å²) >= 11 is 7.64. The van der Waals surface area contributed by atoms with Gasteiger partial charge in [0.15, 0.2) is 5.69 Å². The fourth-order valence-electron chi connectivity index (χ4n) is 3.25. The molecule has 0 aliphatic carbocycles. The number of carbonyl (C=O) groups is 2. The monoisotopic (exact) mass is 357 g/mol. The van der Waals surface area contributed by atoms with Crippen molar-refractivity contribution in [2.24, 2.45) is 5.92 Å². The van der Waals surface area contributed by atoms with E-state index in [2.05, 4.69) is 8.75 Å². The molecule has 0 spiro atoms. The number of rotatable bonds is 2. The molecule has 0 aromatic carbocycles. The summed E-state index contributed by atoms with van der Waals surface area (Å²) in [5, 5.41) is -1.64. The van der Waals surface area contributed by atoms with Crippen molar-refractivity contribution >= 4 is 40.8 Å². The van der Waals surface area contributed by atoms with Crippen molar-refractivity contribution in [3.05, 3.63) is 11.5 Å². The zero-order chi connectivity index (χ0) is 16.2. The average Bonchev–Trinajstić information content (AvgIpc) is 2.98. The standard InChI is InChI=1S/C13H12ClN3O5S/c1-20-10-8(15-23-16-10)7-9-6-3-2-4-17(5-6)13(7,14)22-12(19)11(18)21-9/h6H,2-5H2,1H3. The van der Waals surface area contributed by atoms with E-state index in [1.807, 2.05) is 4.90 Å². The summed E-state index contributed by atoms with van der Waals surface area (Å²) in [5.74, 6) is -1.67. The SMILES string of the molecule is COc1nsnc1C1=C2OC(=O)C(=O)OC1(Cl)N1CCCC2C1. The maximum absolute atomic E-state index is 11.9. The summed E-state index contributed by atoms with van der Waals surface area (Å²) in [6, 6.07) is 0. The molecule has 0 N–H and O–H groups in total. The third-order valence-electron chi connectivity index (χ3n) is 4.24. The van der Waals surface area contributed by atoms with Crippen molar-refractivity contribution < 1.29 is 23.8 Å². The lowest BCUT2D eigenvalue weighted by Crippen LogP contribution is -2.55. The molecule has 3 aliphatic heterocycles. The fourth-order valence-corrected chi connectivity index (χ4v) is 4.19. The van der Waals surface area contributed by atoms with Gasteiger partial charge in [-0.25, -0.2) is 14.5 Å². The molecule has 1 aromatic heterocycles. The third kappa shape index (κ3) is 2.07. The summed E-state index contributed by atoms with van der Waals surface area (Å²) in [7, 11) is 1.46. The van der Waals surface area contributed by atoms with Crippen molar-refractivity contribution in [1.82, 2.24) is 13.6 Å². The van der Waals surface area contributed by atoms with Crippen LogP contribution >= 0.6 is 23.3 Å². The molecule has 0 radical (unpaired) electrons. The Balaban J connectivity index is 1.98.